The van der Waals surface area contributed by atoms with Crippen molar-refractivity contribution in [2.24, 2.45) is 5.92 Å². The zero-order valence-corrected chi connectivity index (χ0v) is 23.5. The SMILES string of the molecule is N=C(NO)c1ccc(OCCCCCOc2ccc(-c3nc(-c4cccnc4)sc3CC3CCCC3)cc2)cc1. The molecule has 0 bridgehead atoms. The van der Waals surface area contributed by atoms with E-state index in [4.69, 9.17) is 25.1 Å². The average molecular weight is 557 g/mol. The third-order valence-corrected chi connectivity index (χ3v) is 8.39. The van der Waals surface area contributed by atoms with E-state index in [-0.39, 0.29) is 5.84 Å². The summed E-state index contributed by atoms with van der Waals surface area (Å²) in [6.07, 6.45) is 13.0. The average Bonchev–Trinajstić information content (AvgIpc) is 3.68. The number of amidine groups is 1. The third-order valence-electron chi connectivity index (χ3n) is 7.26. The molecule has 0 radical (unpaired) electrons. The molecule has 2 aromatic carbocycles. The number of ether oxygens (including phenoxy) is 2. The van der Waals surface area contributed by atoms with E-state index in [1.165, 1.54) is 30.6 Å². The first kappa shape index (κ1) is 27.8. The molecule has 1 aliphatic carbocycles. The molecule has 1 saturated carbocycles. The summed E-state index contributed by atoms with van der Waals surface area (Å²) in [5.74, 6) is 2.36. The van der Waals surface area contributed by atoms with E-state index in [0.717, 1.165) is 64.9 Å². The quantitative estimate of drug-likeness (QED) is 0.0681. The van der Waals surface area contributed by atoms with Crippen LogP contribution in [0, 0.1) is 11.3 Å². The van der Waals surface area contributed by atoms with Crippen LogP contribution in [0.25, 0.3) is 21.8 Å². The second-order valence-electron chi connectivity index (χ2n) is 10.2. The van der Waals surface area contributed by atoms with Crippen molar-refractivity contribution in [3.8, 4) is 33.3 Å². The maximum Gasteiger partial charge on any atom is 0.149 e. The number of thiazole rings is 1. The first-order valence-electron chi connectivity index (χ1n) is 14.0. The van der Waals surface area contributed by atoms with Gasteiger partial charge in [0.2, 0.25) is 0 Å². The van der Waals surface area contributed by atoms with Crippen molar-refractivity contribution < 1.29 is 14.7 Å². The molecule has 0 unspecified atom stereocenters. The van der Waals surface area contributed by atoms with Gasteiger partial charge in [0.25, 0.3) is 0 Å². The minimum Gasteiger partial charge on any atom is -0.494 e. The molecule has 3 N–H and O–H groups in total. The van der Waals surface area contributed by atoms with E-state index in [9.17, 15) is 0 Å². The summed E-state index contributed by atoms with van der Waals surface area (Å²) in [6.45, 7) is 1.29. The zero-order valence-electron chi connectivity index (χ0n) is 22.6. The van der Waals surface area contributed by atoms with Gasteiger partial charge < -0.3 is 9.47 Å². The lowest BCUT2D eigenvalue weighted by Gasteiger charge is -2.10. The fourth-order valence-electron chi connectivity index (χ4n) is 5.06. The van der Waals surface area contributed by atoms with E-state index in [1.54, 1.807) is 30.5 Å². The highest BCUT2D eigenvalue weighted by Gasteiger charge is 2.21. The van der Waals surface area contributed by atoms with Gasteiger partial charge in [-0.15, -0.1) is 11.3 Å². The lowest BCUT2D eigenvalue weighted by molar-refractivity contribution is 0.234. The molecule has 0 amide bonds. The summed E-state index contributed by atoms with van der Waals surface area (Å²) in [5, 5.41) is 17.4. The first-order chi connectivity index (χ1) is 19.7. The lowest BCUT2D eigenvalue weighted by atomic mass is 10.0. The molecule has 0 spiro atoms. The minimum absolute atomic E-state index is 0.0386. The van der Waals surface area contributed by atoms with Gasteiger partial charge in [0.1, 0.15) is 22.3 Å². The molecule has 40 heavy (non-hydrogen) atoms. The number of hydroxylamine groups is 1. The second-order valence-corrected chi connectivity index (χ2v) is 11.3. The Labute approximate surface area is 239 Å². The standard InChI is InChI=1S/C32H36N4O3S/c33-31(36-37)25-12-16-28(17-13-25)39-20-5-1-4-19-38-27-14-10-24(11-15-27)30-29(21-23-7-2-3-8-23)40-32(35-30)26-9-6-18-34-22-26/h6,9-18,22-23,37H,1-5,7-8,19-21H2,(H2,33,36). The number of aromatic nitrogens is 2. The maximum absolute atomic E-state index is 8.80. The number of hydrogen-bond donors (Lipinski definition) is 3. The summed E-state index contributed by atoms with van der Waals surface area (Å²) < 4.78 is 11.8. The van der Waals surface area contributed by atoms with Crippen LogP contribution in [0.15, 0.2) is 73.1 Å². The van der Waals surface area contributed by atoms with Crippen LogP contribution in [0.4, 0.5) is 0 Å². The molecule has 1 aliphatic rings. The Morgan fingerprint density at radius 3 is 2.20 bits per heavy atom. The fourth-order valence-corrected chi connectivity index (χ4v) is 6.25. The van der Waals surface area contributed by atoms with Gasteiger partial charge in [-0.3, -0.25) is 21.1 Å². The van der Waals surface area contributed by atoms with Crippen LogP contribution in [-0.2, 0) is 6.42 Å². The van der Waals surface area contributed by atoms with E-state index >= 15 is 0 Å². The summed E-state index contributed by atoms with van der Waals surface area (Å²) >= 11 is 1.81. The van der Waals surface area contributed by atoms with Crippen LogP contribution >= 0.6 is 11.3 Å². The number of benzene rings is 2. The maximum atomic E-state index is 8.80. The molecular formula is C32H36N4O3S. The molecular weight excluding hydrogens is 520 g/mol. The topological polar surface area (TPSA) is 100 Å². The van der Waals surface area contributed by atoms with E-state index < -0.39 is 0 Å². The Kier molecular flexibility index (Phi) is 9.77. The molecule has 7 nitrogen and oxygen atoms in total. The van der Waals surface area contributed by atoms with Crippen molar-refractivity contribution in [2.45, 2.75) is 51.4 Å². The summed E-state index contributed by atoms with van der Waals surface area (Å²) in [5.41, 5.74) is 5.76. The predicted molar refractivity (Wildman–Crippen MR) is 159 cm³/mol. The van der Waals surface area contributed by atoms with Crippen molar-refractivity contribution in [3.63, 3.8) is 0 Å². The van der Waals surface area contributed by atoms with Crippen molar-refractivity contribution in [1.82, 2.24) is 15.4 Å². The monoisotopic (exact) mass is 556 g/mol. The van der Waals surface area contributed by atoms with Crippen molar-refractivity contribution in [3.05, 3.63) is 83.5 Å². The molecule has 2 aromatic heterocycles. The van der Waals surface area contributed by atoms with Gasteiger partial charge in [0.05, 0.1) is 18.9 Å². The molecule has 0 atom stereocenters. The number of unbranched alkanes of at least 4 members (excludes halogenated alkanes) is 2. The Hall–Kier alpha value is -3.75. The van der Waals surface area contributed by atoms with Gasteiger partial charge in [-0.05, 0) is 92.3 Å². The Morgan fingerprint density at radius 2 is 1.57 bits per heavy atom. The Morgan fingerprint density at radius 1 is 0.900 bits per heavy atom. The Bertz CT molecular complexity index is 1350. The Balaban J connectivity index is 1.09. The molecule has 208 valence electrons. The van der Waals surface area contributed by atoms with Gasteiger partial charge in [0, 0.05) is 34.0 Å². The molecule has 5 rings (SSSR count). The largest absolute Gasteiger partial charge is 0.494 e. The highest BCUT2D eigenvalue weighted by atomic mass is 32.1. The fraction of sp³-hybridized carbons (Fsp3) is 0.344. The van der Waals surface area contributed by atoms with Crippen molar-refractivity contribution >= 4 is 17.2 Å². The van der Waals surface area contributed by atoms with E-state index in [0.29, 0.717) is 18.8 Å². The van der Waals surface area contributed by atoms with E-state index in [1.807, 2.05) is 29.1 Å². The van der Waals surface area contributed by atoms with E-state index in [2.05, 4.69) is 35.3 Å². The van der Waals surface area contributed by atoms with Gasteiger partial charge in [0.15, 0.2) is 0 Å². The summed E-state index contributed by atoms with van der Waals surface area (Å²) in [4.78, 5) is 10.7. The first-order valence-corrected chi connectivity index (χ1v) is 14.9. The van der Waals surface area contributed by atoms with Crippen molar-refractivity contribution in [1.29, 1.82) is 5.41 Å². The normalized spacial score (nSPS) is 13.3. The number of rotatable bonds is 13. The van der Waals surface area contributed by atoms with Crippen LogP contribution in [0.2, 0.25) is 0 Å². The van der Waals surface area contributed by atoms with Crippen LogP contribution < -0.4 is 15.0 Å². The second kappa shape index (κ2) is 14.1. The molecule has 1 fully saturated rings. The third kappa shape index (κ3) is 7.46. The predicted octanol–water partition coefficient (Wildman–Crippen LogP) is 7.54. The van der Waals surface area contributed by atoms with Crippen molar-refractivity contribution in [2.75, 3.05) is 13.2 Å². The minimum atomic E-state index is -0.0386. The number of pyridine rings is 1. The van der Waals surface area contributed by atoms with Crippen LogP contribution in [-0.4, -0.2) is 34.2 Å². The van der Waals surface area contributed by atoms with Gasteiger partial charge >= 0.3 is 0 Å². The highest BCUT2D eigenvalue weighted by molar-refractivity contribution is 7.15. The van der Waals surface area contributed by atoms with Gasteiger partial charge in [-0.25, -0.2) is 4.98 Å². The van der Waals surface area contributed by atoms with Crippen LogP contribution in [0.3, 0.4) is 0 Å². The zero-order chi connectivity index (χ0) is 27.6. The lowest BCUT2D eigenvalue weighted by Crippen LogP contribution is -2.18. The smallest absolute Gasteiger partial charge is 0.149 e. The molecule has 0 saturated heterocycles. The number of nitrogens with one attached hydrogen (secondary N) is 2. The molecule has 4 aromatic rings. The molecule has 0 aliphatic heterocycles. The molecule has 2 heterocycles. The number of hydrogen-bond acceptors (Lipinski definition) is 7. The highest BCUT2D eigenvalue weighted by Crippen LogP contribution is 2.38. The van der Waals surface area contributed by atoms with Crippen LogP contribution in [0.1, 0.15) is 55.4 Å². The number of nitrogens with zero attached hydrogens (tertiary/aromatic N) is 2. The van der Waals surface area contributed by atoms with Gasteiger partial charge in [-0.1, -0.05) is 25.7 Å². The summed E-state index contributed by atoms with van der Waals surface area (Å²) in [6, 6.07) is 19.5. The molecule has 8 heteroatoms. The summed E-state index contributed by atoms with van der Waals surface area (Å²) in [7, 11) is 0. The van der Waals surface area contributed by atoms with Crippen LogP contribution in [0.5, 0.6) is 11.5 Å². The van der Waals surface area contributed by atoms with Gasteiger partial charge in [-0.2, -0.15) is 0 Å².